The highest BCUT2D eigenvalue weighted by Crippen LogP contribution is 2.41. The Morgan fingerprint density at radius 2 is 2.00 bits per heavy atom. The van der Waals surface area contributed by atoms with Crippen molar-refractivity contribution >= 4 is 38.4 Å². The third kappa shape index (κ3) is 3.42. The summed E-state index contributed by atoms with van der Waals surface area (Å²) in [5, 5.41) is 0.401. The van der Waals surface area contributed by atoms with Crippen LogP contribution < -0.4 is 9.64 Å². The van der Waals surface area contributed by atoms with Gasteiger partial charge in [0.2, 0.25) is 0 Å². The van der Waals surface area contributed by atoms with E-state index in [1.54, 1.807) is 19.2 Å². The van der Waals surface area contributed by atoms with Gasteiger partial charge in [-0.15, -0.1) is 0 Å². The number of hydrogen-bond donors (Lipinski definition) is 0. The topological polar surface area (TPSA) is 85.3 Å². The van der Waals surface area contributed by atoms with Crippen LogP contribution in [-0.4, -0.2) is 63.1 Å². The van der Waals surface area contributed by atoms with Crippen LogP contribution in [0.25, 0.3) is 0 Å². The number of methoxy groups -OCH3 is 2. The first-order chi connectivity index (χ1) is 11.4. The van der Waals surface area contributed by atoms with Crippen LogP contribution >= 0.6 is 11.8 Å². The largest absolute Gasteiger partial charge is 0.497 e. The first kappa shape index (κ1) is 17.2. The summed E-state index contributed by atoms with van der Waals surface area (Å²) in [6, 6.07) is 7.05. The van der Waals surface area contributed by atoms with E-state index in [4.69, 9.17) is 9.47 Å². The van der Waals surface area contributed by atoms with Gasteiger partial charge in [0, 0.05) is 18.0 Å². The molecule has 0 saturated carbocycles. The van der Waals surface area contributed by atoms with E-state index < -0.39 is 9.84 Å². The molecule has 3 rings (SSSR count). The van der Waals surface area contributed by atoms with Crippen molar-refractivity contribution in [3.63, 3.8) is 0 Å². The van der Waals surface area contributed by atoms with Gasteiger partial charge in [-0.2, -0.15) is 4.99 Å². The van der Waals surface area contributed by atoms with Gasteiger partial charge in [0.1, 0.15) is 12.4 Å². The van der Waals surface area contributed by atoms with Crippen LogP contribution in [0.5, 0.6) is 5.75 Å². The van der Waals surface area contributed by atoms with Gasteiger partial charge in [0.25, 0.3) is 5.91 Å². The molecule has 1 aromatic carbocycles. The summed E-state index contributed by atoms with van der Waals surface area (Å²) >= 11 is 1.34. The molecule has 7 nitrogen and oxygen atoms in total. The maximum absolute atomic E-state index is 12.0. The number of nitrogens with zero attached hydrogens (tertiary/aromatic N) is 2. The van der Waals surface area contributed by atoms with Crippen molar-refractivity contribution in [3.05, 3.63) is 24.3 Å². The first-order valence-electron chi connectivity index (χ1n) is 7.34. The summed E-state index contributed by atoms with van der Waals surface area (Å²) < 4.78 is 33.9. The van der Waals surface area contributed by atoms with Crippen molar-refractivity contribution in [2.75, 3.05) is 37.2 Å². The number of carbonyl (C=O) groups excluding carboxylic acids is 1. The molecule has 24 heavy (non-hydrogen) atoms. The molecule has 1 aromatic rings. The van der Waals surface area contributed by atoms with E-state index in [-0.39, 0.29) is 35.3 Å². The molecular formula is C15H18N2O5S2. The maximum atomic E-state index is 12.0. The van der Waals surface area contributed by atoms with Gasteiger partial charge in [-0.3, -0.25) is 4.79 Å². The lowest BCUT2D eigenvalue weighted by atomic mass is 10.2. The number of thioether (sulfide) groups is 1. The number of fused-ring (bicyclic) bond motifs is 1. The fourth-order valence-corrected chi connectivity index (χ4v) is 6.80. The molecule has 2 saturated heterocycles. The zero-order valence-electron chi connectivity index (χ0n) is 13.3. The second-order valence-electron chi connectivity index (χ2n) is 5.59. The van der Waals surface area contributed by atoms with E-state index in [9.17, 15) is 13.2 Å². The number of rotatable bonds is 4. The number of sulfone groups is 1. The number of carbonyl (C=O) groups is 1. The summed E-state index contributed by atoms with van der Waals surface area (Å²) in [5.74, 6) is 0.484. The summed E-state index contributed by atoms with van der Waals surface area (Å²) in [5.41, 5.74) is 0.789. The Hall–Kier alpha value is -1.58. The molecule has 2 aliphatic rings. The van der Waals surface area contributed by atoms with Crippen molar-refractivity contribution in [1.29, 1.82) is 0 Å². The highest BCUT2D eigenvalue weighted by Gasteiger charge is 2.49. The van der Waals surface area contributed by atoms with Crippen molar-refractivity contribution in [3.8, 4) is 5.75 Å². The average molecular weight is 370 g/mol. The smallest absolute Gasteiger partial charge is 0.274 e. The Morgan fingerprint density at radius 3 is 2.62 bits per heavy atom. The lowest BCUT2D eigenvalue weighted by Gasteiger charge is -2.24. The van der Waals surface area contributed by atoms with E-state index in [0.717, 1.165) is 5.69 Å². The van der Waals surface area contributed by atoms with Crippen LogP contribution in [0.4, 0.5) is 5.69 Å². The quantitative estimate of drug-likeness (QED) is 0.780. The van der Waals surface area contributed by atoms with Crippen LogP contribution in [0, 0.1) is 0 Å². The molecule has 0 aliphatic carbocycles. The van der Waals surface area contributed by atoms with E-state index in [1.807, 2.05) is 17.0 Å². The molecule has 0 aromatic heterocycles. The van der Waals surface area contributed by atoms with E-state index in [0.29, 0.717) is 10.9 Å². The first-order valence-corrected chi connectivity index (χ1v) is 10.0. The molecule has 0 unspecified atom stereocenters. The normalized spacial score (nSPS) is 26.6. The van der Waals surface area contributed by atoms with Gasteiger partial charge in [-0.25, -0.2) is 8.42 Å². The maximum Gasteiger partial charge on any atom is 0.274 e. The fourth-order valence-electron chi connectivity index (χ4n) is 2.87. The Morgan fingerprint density at radius 1 is 1.29 bits per heavy atom. The molecule has 0 radical (unpaired) electrons. The van der Waals surface area contributed by atoms with Crippen LogP contribution in [0.15, 0.2) is 29.3 Å². The number of amidine groups is 1. The molecule has 0 bridgehead atoms. The molecule has 2 fully saturated rings. The zero-order valence-corrected chi connectivity index (χ0v) is 15.0. The third-order valence-corrected chi connectivity index (χ3v) is 7.12. The summed E-state index contributed by atoms with van der Waals surface area (Å²) in [7, 11) is -0.0603. The standard InChI is InChI=1S/C15H18N2O5S2/c1-21-7-14(18)16-15-17(10-3-5-11(22-2)6-4-10)12-8-24(19,20)9-13(12)23-15/h3-6,12-13H,7-9H2,1-2H3/t12-,13-/m0/s1. The van der Waals surface area contributed by atoms with Crippen LogP contribution in [0.3, 0.4) is 0 Å². The molecule has 0 spiro atoms. The minimum absolute atomic E-state index is 0.0637. The SMILES string of the molecule is COCC(=O)N=C1S[C@H]2CS(=O)(=O)C[C@@H]2N1c1ccc(OC)cc1. The summed E-state index contributed by atoms with van der Waals surface area (Å²) in [6.45, 7) is -0.103. The van der Waals surface area contributed by atoms with Gasteiger partial charge in [0.15, 0.2) is 15.0 Å². The summed E-state index contributed by atoms with van der Waals surface area (Å²) in [4.78, 5) is 17.8. The molecule has 1 amide bonds. The van der Waals surface area contributed by atoms with Crippen molar-refractivity contribution in [2.24, 2.45) is 4.99 Å². The molecule has 9 heteroatoms. The molecule has 130 valence electrons. The number of hydrogen-bond acceptors (Lipinski definition) is 6. The van der Waals surface area contributed by atoms with E-state index in [2.05, 4.69) is 4.99 Å². The Bertz CT molecular complexity index is 761. The van der Waals surface area contributed by atoms with Crippen molar-refractivity contribution < 1.29 is 22.7 Å². The minimum atomic E-state index is -3.07. The molecule has 2 heterocycles. The predicted molar refractivity (Wildman–Crippen MR) is 93.6 cm³/mol. The second-order valence-corrected chi connectivity index (χ2v) is 8.95. The highest BCUT2D eigenvalue weighted by molar-refractivity contribution is 8.16. The number of aliphatic imine (C=N–C) groups is 1. The monoisotopic (exact) mass is 370 g/mol. The summed E-state index contributed by atoms with van der Waals surface area (Å²) in [6.07, 6.45) is 0. The van der Waals surface area contributed by atoms with Gasteiger partial charge in [0.05, 0.1) is 24.7 Å². The van der Waals surface area contributed by atoms with Gasteiger partial charge >= 0.3 is 0 Å². The molecule has 0 N–H and O–H groups in total. The number of ether oxygens (including phenoxy) is 2. The van der Waals surface area contributed by atoms with E-state index in [1.165, 1.54) is 18.9 Å². The Balaban J connectivity index is 1.96. The third-order valence-electron chi connectivity index (χ3n) is 3.91. The molecule has 2 aliphatic heterocycles. The number of anilines is 1. The zero-order chi connectivity index (χ0) is 17.3. The van der Waals surface area contributed by atoms with Crippen molar-refractivity contribution in [1.82, 2.24) is 0 Å². The highest BCUT2D eigenvalue weighted by atomic mass is 32.2. The van der Waals surface area contributed by atoms with E-state index >= 15 is 0 Å². The molecular weight excluding hydrogens is 352 g/mol. The van der Waals surface area contributed by atoms with Crippen molar-refractivity contribution in [2.45, 2.75) is 11.3 Å². The van der Waals surface area contributed by atoms with Gasteiger partial charge in [-0.05, 0) is 24.3 Å². The number of benzene rings is 1. The van der Waals surface area contributed by atoms with Crippen LogP contribution in [0.2, 0.25) is 0 Å². The van der Waals surface area contributed by atoms with Gasteiger partial charge in [-0.1, -0.05) is 11.8 Å². The average Bonchev–Trinajstić information content (AvgIpc) is 2.98. The fraction of sp³-hybridized carbons (Fsp3) is 0.467. The Kier molecular flexibility index (Phi) is 4.84. The lowest BCUT2D eigenvalue weighted by molar-refractivity contribution is -0.121. The second kappa shape index (κ2) is 6.73. The Labute approximate surface area is 144 Å². The van der Waals surface area contributed by atoms with Gasteiger partial charge < -0.3 is 14.4 Å². The van der Waals surface area contributed by atoms with Crippen LogP contribution in [-0.2, 0) is 19.4 Å². The van der Waals surface area contributed by atoms with Crippen LogP contribution in [0.1, 0.15) is 0 Å². The lowest BCUT2D eigenvalue weighted by Crippen LogP contribution is -2.37. The number of amides is 1. The molecule has 2 atom stereocenters. The minimum Gasteiger partial charge on any atom is -0.497 e. The predicted octanol–water partition coefficient (Wildman–Crippen LogP) is 0.943.